The summed E-state index contributed by atoms with van der Waals surface area (Å²) in [4.78, 5) is 14.3. The normalized spacial score (nSPS) is 14.1. The summed E-state index contributed by atoms with van der Waals surface area (Å²) in [6.45, 7) is 4.32. The summed E-state index contributed by atoms with van der Waals surface area (Å²) in [6, 6.07) is 13.3. The van der Waals surface area contributed by atoms with E-state index in [-0.39, 0.29) is 6.03 Å². The van der Waals surface area contributed by atoms with Crippen LogP contribution in [0.25, 0.3) is 0 Å². The molecule has 1 heterocycles. The standard InChI is InChI=1S/C19H21BrN4O/c1-14-11-18(24-9-2-3-10-24)8-7-15(14)13-21-23-19(25)22-17-6-4-5-16(20)12-17/h4-8,11-13H,2-3,9-10H2,1H3,(H2,22,23,25)/b21-13+. The van der Waals surface area contributed by atoms with Crippen LogP contribution in [-0.4, -0.2) is 25.3 Å². The molecule has 1 aliphatic rings. The van der Waals surface area contributed by atoms with Gasteiger partial charge in [-0.1, -0.05) is 28.1 Å². The number of halogens is 1. The lowest BCUT2D eigenvalue weighted by Crippen LogP contribution is -2.24. The van der Waals surface area contributed by atoms with Gasteiger partial charge in [-0.2, -0.15) is 5.10 Å². The lowest BCUT2D eigenvalue weighted by molar-refractivity contribution is 0.252. The summed E-state index contributed by atoms with van der Waals surface area (Å²) < 4.78 is 0.905. The molecule has 5 nitrogen and oxygen atoms in total. The summed E-state index contributed by atoms with van der Waals surface area (Å²) in [5, 5.41) is 6.77. The van der Waals surface area contributed by atoms with Gasteiger partial charge in [0.25, 0.3) is 0 Å². The highest BCUT2D eigenvalue weighted by Gasteiger charge is 2.12. The van der Waals surface area contributed by atoms with Crippen LogP contribution < -0.4 is 15.6 Å². The van der Waals surface area contributed by atoms with Crippen LogP contribution in [0.1, 0.15) is 24.0 Å². The summed E-state index contributed by atoms with van der Waals surface area (Å²) in [6.07, 6.45) is 4.20. The van der Waals surface area contributed by atoms with Gasteiger partial charge in [0, 0.05) is 28.9 Å². The van der Waals surface area contributed by atoms with Crippen LogP contribution in [0.15, 0.2) is 52.0 Å². The quantitative estimate of drug-likeness (QED) is 0.585. The zero-order valence-electron chi connectivity index (χ0n) is 14.1. The Labute approximate surface area is 156 Å². The second kappa shape index (κ2) is 8.16. The Kier molecular flexibility index (Phi) is 5.71. The van der Waals surface area contributed by atoms with Gasteiger partial charge in [0.1, 0.15) is 0 Å². The number of aryl methyl sites for hydroxylation is 1. The second-order valence-corrected chi connectivity index (χ2v) is 6.99. The minimum Gasteiger partial charge on any atom is -0.372 e. The van der Waals surface area contributed by atoms with E-state index in [1.807, 2.05) is 30.3 Å². The summed E-state index contributed by atoms with van der Waals surface area (Å²) in [5.41, 5.74) is 6.58. The van der Waals surface area contributed by atoms with Gasteiger partial charge in [0.2, 0.25) is 0 Å². The van der Waals surface area contributed by atoms with E-state index in [4.69, 9.17) is 0 Å². The predicted molar refractivity (Wildman–Crippen MR) is 107 cm³/mol. The van der Waals surface area contributed by atoms with Gasteiger partial charge >= 0.3 is 6.03 Å². The molecular weight excluding hydrogens is 380 g/mol. The fraction of sp³-hybridized carbons (Fsp3) is 0.263. The van der Waals surface area contributed by atoms with Crippen LogP contribution in [0.5, 0.6) is 0 Å². The smallest absolute Gasteiger partial charge is 0.339 e. The Bertz CT molecular complexity index is 785. The Morgan fingerprint density at radius 1 is 1.20 bits per heavy atom. The molecule has 2 aromatic carbocycles. The predicted octanol–water partition coefficient (Wildman–Crippen LogP) is 4.51. The highest BCUT2D eigenvalue weighted by molar-refractivity contribution is 9.10. The first-order valence-corrected chi connectivity index (χ1v) is 9.12. The minimum absolute atomic E-state index is 0.374. The molecule has 0 atom stereocenters. The Morgan fingerprint density at radius 3 is 2.72 bits per heavy atom. The minimum atomic E-state index is -0.374. The molecule has 0 aliphatic carbocycles. The van der Waals surface area contributed by atoms with E-state index in [2.05, 4.69) is 55.7 Å². The first kappa shape index (κ1) is 17.5. The van der Waals surface area contributed by atoms with Crippen LogP contribution in [0.2, 0.25) is 0 Å². The molecule has 2 amide bonds. The van der Waals surface area contributed by atoms with Crippen molar-refractivity contribution < 1.29 is 4.79 Å². The molecular formula is C19H21BrN4O. The number of anilines is 2. The maximum atomic E-state index is 11.9. The Hall–Kier alpha value is -2.34. The molecule has 1 saturated heterocycles. The van der Waals surface area contributed by atoms with Crippen molar-refractivity contribution in [1.82, 2.24) is 5.43 Å². The van der Waals surface area contributed by atoms with Crippen molar-refractivity contribution in [1.29, 1.82) is 0 Å². The molecule has 2 aromatic rings. The lowest BCUT2D eigenvalue weighted by Gasteiger charge is -2.18. The van der Waals surface area contributed by atoms with Crippen LogP contribution >= 0.6 is 15.9 Å². The molecule has 2 N–H and O–H groups in total. The average Bonchev–Trinajstić information content (AvgIpc) is 3.11. The van der Waals surface area contributed by atoms with Crippen molar-refractivity contribution in [3.63, 3.8) is 0 Å². The van der Waals surface area contributed by atoms with E-state index in [0.29, 0.717) is 5.69 Å². The monoisotopic (exact) mass is 400 g/mol. The van der Waals surface area contributed by atoms with Crippen molar-refractivity contribution in [3.05, 3.63) is 58.1 Å². The van der Waals surface area contributed by atoms with Gasteiger partial charge in [-0.25, -0.2) is 10.2 Å². The SMILES string of the molecule is Cc1cc(N2CCCC2)ccc1/C=N/NC(=O)Nc1cccc(Br)c1. The van der Waals surface area contributed by atoms with Crippen molar-refractivity contribution >= 4 is 39.6 Å². The third-order valence-electron chi connectivity index (χ3n) is 4.18. The van der Waals surface area contributed by atoms with Crippen molar-refractivity contribution in [2.45, 2.75) is 19.8 Å². The third-order valence-corrected chi connectivity index (χ3v) is 4.67. The third kappa shape index (κ3) is 4.82. The van der Waals surface area contributed by atoms with Gasteiger partial charge in [-0.05, 0) is 61.2 Å². The average molecular weight is 401 g/mol. The number of benzene rings is 2. The van der Waals surface area contributed by atoms with E-state index in [1.54, 1.807) is 6.21 Å². The van der Waals surface area contributed by atoms with Crippen LogP contribution in [0.4, 0.5) is 16.2 Å². The number of carbonyl (C=O) groups is 1. The zero-order chi connectivity index (χ0) is 17.6. The van der Waals surface area contributed by atoms with Gasteiger partial charge < -0.3 is 10.2 Å². The van der Waals surface area contributed by atoms with E-state index in [1.165, 1.54) is 18.5 Å². The van der Waals surface area contributed by atoms with Gasteiger partial charge in [-0.3, -0.25) is 0 Å². The van der Waals surface area contributed by atoms with E-state index in [9.17, 15) is 4.79 Å². The Morgan fingerprint density at radius 2 is 2.00 bits per heavy atom. The molecule has 25 heavy (non-hydrogen) atoms. The number of hydrogen-bond acceptors (Lipinski definition) is 3. The van der Waals surface area contributed by atoms with Crippen molar-refractivity contribution in [2.24, 2.45) is 5.10 Å². The highest BCUT2D eigenvalue weighted by Crippen LogP contribution is 2.22. The number of nitrogens with one attached hydrogen (secondary N) is 2. The molecule has 130 valence electrons. The fourth-order valence-corrected chi connectivity index (χ4v) is 3.26. The van der Waals surface area contributed by atoms with E-state index < -0.39 is 0 Å². The first-order valence-electron chi connectivity index (χ1n) is 8.33. The molecule has 0 radical (unpaired) electrons. The van der Waals surface area contributed by atoms with E-state index >= 15 is 0 Å². The van der Waals surface area contributed by atoms with Crippen LogP contribution in [0, 0.1) is 6.92 Å². The molecule has 0 aromatic heterocycles. The Balaban J connectivity index is 1.57. The summed E-state index contributed by atoms with van der Waals surface area (Å²) in [5.74, 6) is 0. The van der Waals surface area contributed by atoms with Crippen molar-refractivity contribution in [2.75, 3.05) is 23.3 Å². The summed E-state index contributed by atoms with van der Waals surface area (Å²) in [7, 11) is 0. The molecule has 3 rings (SSSR count). The molecule has 0 bridgehead atoms. The largest absolute Gasteiger partial charge is 0.372 e. The highest BCUT2D eigenvalue weighted by atomic mass is 79.9. The van der Waals surface area contributed by atoms with Gasteiger partial charge in [0.05, 0.1) is 6.21 Å². The molecule has 0 saturated carbocycles. The maximum absolute atomic E-state index is 11.9. The summed E-state index contributed by atoms with van der Waals surface area (Å²) >= 11 is 3.37. The maximum Gasteiger partial charge on any atom is 0.339 e. The lowest BCUT2D eigenvalue weighted by atomic mass is 10.1. The van der Waals surface area contributed by atoms with E-state index in [0.717, 1.165) is 28.7 Å². The van der Waals surface area contributed by atoms with Crippen molar-refractivity contribution in [3.8, 4) is 0 Å². The molecule has 0 unspecified atom stereocenters. The number of hydrogen-bond donors (Lipinski definition) is 2. The molecule has 1 aliphatic heterocycles. The van der Waals surface area contributed by atoms with Gasteiger partial charge in [-0.15, -0.1) is 0 Å². The first-order chi connectivity index (χ1) is 12.1. The number of rotatable bonds is 4. The molecule has 6 heteroatoms. The number of hydrazone groups is 1. The fourth-order valence-electron chi connectivity index (χ4n) is 2.86. The number of amides is 2. The van der Waals surface area contributed by atoms with Crippen LogP contribution in [0.3, 0.4) is 0 Å². The van der Waals surface area contributed by atoms with Crippen LogP contribution in [-0.2, 0) is 0 Å². The molecule has 0 spiro atoms. The number of nitrogens with zero attached hydrogens (tertiary/aromatic N) is 2. The second-order valence-electron chi connectivity index (χ2n) is 6.07. The number of urea groups is 1. The molecule has 1 fully saturated rings. The topological polar surface area (TPSA) is 56.7 Å². The number of carbonyl (C=O) groups excluding carboxylic acids is 1. The van der Waals surface area contributed by atoms with Gasteiger partial charge in [0.15, 0.2) is 0 Å². The zero-order valence-corrected chi connectivity index (χ0v) is 15.7.